The summed E-state index contributed by atoms with van der Waals surface area (Å²) in [4.78, 5) is 32.2. The zero-order valence-corrected chi connectivity index (χ0v) is 16.5. The molecule has 0 aliphatic carbocycles. The van der Waals surface area contributed by atoms with Gasteiger partial charge < -0.3 is 16.4 Å². The Bertz CT molecular complexity index is 826. The van der Waals surface area contributed by atoms with Crippen molar-refractivity contribution in [2.24, 2.45) is 0 Å². The topological polar surface area (TPSA) is 100 Å². The summed E-state index contributed by atoms with van der Waals surface area (Å²) < 4.78 is 13.2. The van der Waals surface area contributed by atoms with Crippen molar-refractivity contribution in [3.05, 3.63) is 46.7 Å². The van der Waals surface area contributed by atoms with Gasteiger partial charge in [0.1, 0.15) is 11.9 Å². The first-order valence-electron chi connectivity index (χ1n) is 9.15. The van der Waals surface area contributed by atoms with E-state index in [1.165, 1.54) is 23.5 Å². The van der Waals surface area contributed by atoms with Crippen LogP contribution in [0.1, 0.15) is 23.3 Å². The summed E-state index contributed by atoms with van der Waals surface area (Å²) >= 11 is 1.30. The molecule has 150 valence electrons. The number of nitrogens with zero attached hydrogens (tertiary/aromatic N) is 2. The first-order valence-corrected chi connectivity index (χ1v) is 9.97. The zero-order valence-electron chi connectivity index (χ0n) is 15.7. The minimum absolute atomic E-state index is 0.163. The molecule has 2 amide bonds. The third-order valence-corrected chi connectivity index (χ3v) is 5.64. The van der Waals surface area contributed by atoms with Crippen LogP contribution in [0.3, 0.4) is 0 Å². The summed E-state index contributed by atoms with van der Waals surface area (Å²) in [5.74, 6) is -0.807. The smallest absolute Gasteiger partial charge is 0.243 e. The second kappa shape index (κ2) is 9.11. The van der Waals surface area contributed by atoms with E-state index in [1.54, 1.807) is 18.3 Å². The normalized spacial score (nSPS) is 18.0. The number of nitrogen functional groups attached to an aromatic ring is 1. The number of hydrogen-bond acceptors (Lipinski definition) is 6. The van der Waals surface area contributed by atoms with Crippen molar-refractivity contribution in [3.8, 4) is 0 Å². The van der Waals surface area contributed by atoms with Gasteiger partial charge in [-0.3, -0.25) is 14.5 Å². The molecule has 1 aromatic carbocycles. The molecular formula is C19H24FN5O2S. The average molecular weight is 405 g/mol. The number of thiazole rings is 1. The molecule has 28 heavy (non-hydrogen) atoms. The molecule has 7 nitrogen and oxygen atoms in total. The number of likely N-dealkylation sites (tertiary alicyclic amines) is 1. The van der Waals surface area contributed by atoms with Crippen molar-refractivity contribution in [3.63, 3.8) is 0 Å². The Morgan fingerprint density at radius 3 is 2.75 bits per heavy atom. The quantitative estimate of drug-likeness (QED) is 0.645. The Kier molecular flexibility index (Phi) is 6.58. The maximum absolute atomic E-state index is 13.2. The molecule has 1 fully saturated rings. The van der Waals surface area contributed by atoms with Gasteiger partial charge in [-0.15, -0.1) is 11.3 Å². The van der Waals surface area contributed by atoms with Gasteiger partial charge >= 0.3 is 0 Å². The average Bonchev–Trinajstić information content (AvgIpc) is 3.29. The van der Waals surface area contributed by atoms with Gasteiger partial charge in [0.05, 0.1) is 12.6 Å². The highest BCUT2D eigenvalue weighted by Crippen LogP contribution is 2.16. The molecule has 1 saturated heterocycles. The van der Waals surface area contributed by atoms with Gasteiger partial charge in [0.25, 0.3) is 0 Å². The van der Waals surface area contributed by atoms with Crippen molar-refractivity contribution in [1.29, 1.82) is 0 Å². The number of rotatable bonds is 7. The number of nitrogens with one attached hydrogen (secondary N) is 2. The maximum atomic E-state index is 13.2. The van der Waals surface area contributed by atoms with E-state index < -0.39 is 6.04 Å². The van der Waals surface area contributed by atoms with Crippen LogP contribution in [0.15, 0.2) is 30.5 Å². The van der Waals surface area contributed by atoms with E-state index in [4.69, 9.17) is 5.73 Å². The number of nitrogens with two attached hydrogens (primary N) is 1. The van der Waals surface area contributed by atoms with Gasteiger partial charge in [0.15, 0.2) is 5.13 Å². The first-order chi connectivity index (χ1) is 13.4. The van der Waals surface area contributed by atoms with Crippen LogP contribution >= 0.6 is 11.3 Å². The van der Waals surface area contributed by atoms with Crippen LogP contribution in [0.2, 0.25) is 0 Å². The minimum Gasteiger partial charge on any atom is -0.375 e. The lowest BCUT2D eigenvalue weighted by molar-refractivity contribution is -0.131. The van der Waals surface area contributed by atoms with Gasteiger partial charge in [-0.2, -0.15) is 0 Å². The van der Waals surface area contributed by atoms with Crippen molar-refractivity contribution in [2.75, 3.05) is 19.3 Å². The highest BCUT2D eigenvalue weighted by molar-refractivity contribution is 7.15. The molecular weight excluding hydrogens is 381 g/mol. The molecule has 1 aliphatic heterocycles. The Labute approximate surface area is 167 Å². The molecule has 1 aromatic heterocycles. The Morgan fingerprint density at radius 1 is 1.39 bits per heavy atom. The van der Waals surface area contributed by atoms with Crippen LogP contribution in [0.5, 0.6) is 0 Å². The van der Waals surface area contributed by atoms with Crippen LogP contribution < -0.4 is 16.4 Å². The largest absolute Gasteiger partial charge is 0.375 e. The molecule has 0 saturated carbocycles. The van der Waals surface area contributed by atoms with Crippen molar-refractivity contribution >= 4 is 28.3 Å². The molecule has 0 radical (unpaired) electrons. The van der Waals surface area contributed by atoms with E-state index >= 15 is 0 Å². The van der Waals surface area contributed by atoms with Gasteiger partial charge in [-0.25, -0.2) is 9.37 Å². The highest BCUT2D eigenvalue weighted by atomic mass is 32.1. The lowest BCUT2D eigenvalue weighted by atomic mass is 10.0. The number of anilines is 1. The first kappa shape index (κ1) is 20.2. The summed E-state index contributed by atoms with van der Waals surface area (Å²) in [5.41, 5.74) is 6.38. The summed E-state index contributed by atoms with van der Waals surface area (Å²) in [6.07, 6.45) is 3.62. The fourth-order valence-corrected chi connectivity index (χ4v) is 3.90. The molecule has 0 unspecified atom stereocenters. The molecule has 2 heterocycles. The second-order valence-corrected chi connectivity index (χ2v) is 8.06. The van der Waals surface area contributed by atoms with Crippen LogP contribution in [-0.2, 0) is 22.6 Å². The van der Waals surface area contributed by atoms with Crippen LogP contribution in [0, 0.1) is 5.82 Å². The Morgan fingerprint density at radius 2 is 2.14 bits per heavy atom. The zero-order chi connectivity index (χ0) is 20.1. The third kappa shape index (κ3) is 5.26. The minimum atomic E-state index is -0.753. The predicted octanol–water partition coefficient (Wildman–Crippen LogP) is 1.30. The van der Waals surface area contributed by atoms with Gasteiger partial charge in [-0.05, 0) is 44.1 Å². The van der Waals surface area contributed by atoms with Crippen LogP contribution in [0.4, 0.5) is 9.52 Å². The summed E-state index contributed by atoms with van der Waals surface area (Å²) in [7, 11) is 1.90. The van der Waals surface area contributed by atoms with Crippen molar-refractivity contribution in [2.45, 2.75) is 37.9 Å². The monoisotopic (exact) mass is 405 g/mol. The van der Waals surface area contributed by atoms with Crippen molar-refractivity contribution < 1.29 is 14.0 Å². The van der Waals surface area contributed by atoms with Crippen LogP contribution in [-0.4, -0.2) is 47.4 Å². The van der Waals surface area contributed by atoms with E-state index in [0.717, 1.165) is 29.8 Å². The SMILES string of the molecule is CN1CCC[C@@H]1C(=O)N[C@@H](Cc1ccc(F)cc1)C(=O)NCc1cnc(N)s1. The van der Waals surface area contributed by atoms with Gasteiger partial charge in [0, 0.05) is 17.5 Å². The molecule has 1 aliphatic rings. The molecule has 0 spiro atoms. The Hall–Kier alpha value is -2.52. The number of aromatic nitrogens is 1. The second-order valence-electron chi connectivity index (χ2n) is 6.91. The number of hydrogen-bond donors (Lipinski definition) is 3. The molecule has 4 N–H and O–H groups in total. The lowest BCUT2D eigenvalue weighted by Crippen LogP contribution is -2.52. The van der Waals surface area contributed by atoms with E-state index in [2.05, 4.69) is 15.6 Å². The Balaban J connectivity index is 1.67. The number of amides is 2. The molecule has 3 rings (SSSR count). The molecule has 9 heteroatoms. The van der Waals surface area contributed by atoms with E-state index in [9.17, 15) is 14.0 Å². The number of carbonyl (C=O) groups excluding carboxylic acids is 2. The number of likely N-dealkylation sites (N-methyl/N-ethyl adjacent to an activating group) is 1. The van der Waals surface area contributed by atoms with E-state index in [1.807, 2.05) is 11.9 Å². The van der Waals surface area contributed by atoms with Crippen molar-refractivity contribution in [1.82, 2.24) is 20.5 Å². The fourth-order valence-electron chi connectivity index (χ4n) is 3.28. The van der Waals surface area contributed by atoms with Gasteiger partial charge in [-0.1, -0.05) is 12.1 Å². The predicted molar refractivity (Wildman–Crippen MR) is 106 cm³/mol. The van der Waals surface area contributed by atoms with Gasteiger partial charge in [0.2, 0.25) is 11.8 Å². The summed E-state index contributed by atoms with van der Waals surface area (Å²) in [6.45, 7) is 1.15. The highest BCUT2D eigenvalue weighted by Gasteiger charge is 2.31. The third-order valence-electron chi connectivity index (χ3n) is 4.82. The summed E-state index contributed by atoms with van der Waals surface area (Å²) in [5, 5.41) is 6.13. The standard InChI is InChI=1S/C19H24FN5O2S/c1-25-8-2-3-16(25)18(27)24-15(9-12-4-6-13(20)7-5-12)17(26)22-10-14-11-23-19(21)28-14/h4-7,11,15-16H,2-3,8-10H2,1H3,(H2,21,23)(H,22,26)(H,24,27)/t15-,16+/m0/s1. The lowest BCUT2D eigenvalue weighted by Gasteiger charge is -2.23. The number of benzene rings is 1. The van der Waals surface area contributed by atoms with E-state index in [0.29, 0.717) is 5.13 Å². The molecule has 0 bridgehead atoms. The van der Waals surface area contributed by atoms with Crippen LogP contribution in [0.25, 0.3) is 0 Å². The maximum Gasteiger partial charge on any atom is 0.243 e. The molecule has 2 aromatic rings. The number of carbonyl (C=O) groups is 2. The molecule has 2 atom stereocenters. The summed E-state index contributed by atoms with van der Waals surface area (Å²) in [6, 6.07) is 4.94. The van der Waals surface area contributed by atoms with E-state index in [-0.39, 0.29) is 36.6 Å². The fraction of sp³-hybridized carbons (Fsp3) is 0.421. The number of halogens is 1.